The first-order chi connectivity index (χ1) is 12.5. The second-order valence-corrected chi connectivity index (χ2v) is 6.11. The van der Waals surface area contributed by atoms with Gasteiger partial charge in [-0.2, -0.15) is 0 Å². The van der Waals surface area contributed by atoms with E-state index < -0.39 is 0 Å². The molecule has 0 spiro atoms. The van der Waals surface area contributed by atoms with E-state index in [2.05, 4.69) is 5.32 Å². The Labute approximate surface area is 154 Å². The van der Waals surface area contributed by atoms with Crippen molar-refractivity contribution in [2.75, 3.05) is 11.4 Å². The maximum absolute atomic E-state index is 13.7. The van der Waals surface area contributed by atoms with Crippen LogP contribution in [0, 0.1) is 5.82 Å². The number of benzene rings is 2. The number of nitrogens with one attached hydrogen (secondary N) is 1. The molecule has 0 aromatic heterocycles. The molecule has 1 N–H and O–H groups in total. The normalized spacial score (nSPS) is 10.5. The van der Waals surface area contributed by atoms with Gasteiger partial charge in [0.25, 0.3) is 0 Å². The summed E-state index contributed by atoms with van der Waals surface area (Å²) in [5, 5.41) is 2.70. The summed E-state index contributed by atoms with van der Waals surface area (Å²) < 4.78 is 13.7. The van der Waals surface area contributed by atoms with Crippen molar-refractivity contribution in [1.82, 2.24) is 5.32 Å². The van der Waals surface area contributed by atoms with Gasteiger partial charge < -0.3 is 10.2 Å². The zero-order valence-electron chi connectivity index (χ0n) is 15.5. The van der Waals surface area contributed by atoms with Crippen LogP contribution in [0.2, 0.25) is 0 Å². The molecule has 2 aromatic carbocycles. The van der Waals surface area contributed by atoms with Crippen LogP contribution in [0.15, 0.2) is 42.5 Å². The highest BCUT2D eigenvalue weighted by Crippen LogP contribution is 2.27. The molecule has 0 saturated heterocycles. The van der Waals surface area contributed by atoms with Crippen molar-refractivity contribution in [3.05, 3.63) is 65.0 Å². The van der Waals surface area contributed by atoms with E-state index >= 15 is 0 Å². The summed E-state index contributed by atoms with van der Waals surface area (Å²) in [4.78, 5) is 26.1. The summed E-state index contributed by atoms with van der Waals surface area (Å²) in [6, 6.07) is 12.2. The summed E-state index contributed by atoms with van der Waals surface area (Å²) in [5.41, 5.74) is 3.28. The van der Waals surface area contributed by atoms with Crippen LogP contribution in [0.3, 0.4) is 0 Å². The minimum Gasteiger partial charge on any atom is -0.350 e. The number of amides is 2. The molecule has 2 rings (SSSR count). The largest absolute Gasteiger partial charge is 0.350 e. The molecule has 2 aromatic rings. The molecule has 4 nitrogen and oxygen atoms in total. The highest BCUT2D eigenvalue weighted by Gasteiger charge is 2.20. The summed E-state index contributed by atoms with van der Waals surface area (Å²) in [5.74, 6) is -0.876. The zero-order chi connectivity index (χ0) is 19.1. The van der Waals surface area contributed by atoms with E-state index in [1.807, 2.05) is 32.0 Å². The molecule has 0 fully saturated rings. The monoisotopic (exact) mass is 356 g/mol. The average Bonchev–Trinajstić information content (AvgIpc) is 2.64. The molecule has 0 aliphatic heterocycles. The lowest BCUT2D eigenvalue weighted by atomic mass is 10.0. The Balaban J connectivity index is 2.17. The van der Waals surface area contributed by atoms with E-state index in [4.69, 9.17) is 0 Å². The number of carbonyl (C=O) groups excluding carboxylic acids is 2. The van der Waals surface area contributed by atoms with Crippen LogP contribution in [0.1, 0.15) is 37.5 Å². The smallest absolute Gasteiger partial charge is 0.240 e. The molecule has 0 bridgehead atoms. The Kier molecular flexibility index (Phi) is 6.89. The fourth-order valence-corrected chi connectivity index (χ4v) is 2.94. The van der Waals surface area contributed by atoms with E-state index in [0.29, 0.717) is 5.56 Å². The van der Waals surface area contributed by atoms with E-state index in [1.165, 1.54) is 17.9 Å². The SMILES string of the molecule is CCc1cccc(CC)c1N(CC(=O)NCc1ccccc1F)C(C)=O. The number of hydrogen-bond donors (Lipinski definition) is 1. The van der Waals surface area contributed by atoms with Gasteiger partial charge in [-0.15, -0.1) is 0 Å². The maximum Gasteiger partial charge on any atom is 0.240 e. The third kappa shape index (κ3) is 4.69. The van der Waals surface area contributed by atoms with Crippen molar-refractivity contribution in [3.63, 3.8) is 0 Å². The van der Waals surface area contributed by atoms with Crippen LogP contribution in [-0.4, -0.2) is 18.4 Å². The lowest BCUT2D eigenvalue weighted by molar-refractivity contribution is -0.123. The quantitative estimate of drug-likeness (QED) is 0.824. The molecule has 0 aliphatic rings. The van der Waals surface area contributed by atoms with Gasteiger partial charge in [-0.1, -0.05) is 50.2 Å². The van der Waals surface area contributed by atoms with E-state index in [9.17, 15) is 14.0 Å². The van der Waals surface area contributed by atoms with Gasteiger partial charge in [0, 0.05) is 19.0 Å². The minimum atomic E-state index is -0.360. The first-order valence-electron chi connectivity index (χ1n) is 8.86. The van der Waals surface area contributed by atoms with Crippen molar-refractivity contribution >= 4 is 17.5 Å². The molecular formula is C21H25FN2O2. The number of hydrogen-bond acceptors (Lipinski definition) is 2. The van der Waals surface area contributed by atoms with Gasteiger partial charge in [0.2, 0.25) is 11.8 Å². The number of halogens is 1. The van der Waals surface area contributed by atoms with Crippen LogP contribution in [0.25, 0.3) is 0 Å². The molecule has 0 saturated carbocycles. The Hall–Kier alpha value is -2.69. The van der Waals surface area contributed by atoms with Crippen molar-refractivity contribution in [2.24, 2.45) is 0 Å². The molecule has 0 heterocycles. The molecule has 138 valence electrons. The second kappa shape index (κ2) is 9.13. The number of anilines is 1. The number of para-hydroxylation sites is 1. The molecule has 0 atom stereocenters. The average molecular weight is 356 g/mol. The van der Waals surface area contributed by atoms with Crippen molar-refractivity contribution < 1.29 is 14.0 Å². The maximum atomic E-state index is 13.7. The highest BCUT2D eigenvalue weighted by molar-refractivity contribution is 5.98. The zero-order valence-corrected chi connectivity index (χ0v) is 15.5. The molecule has 0 unspecified atom stereocenters. The van der Waals surface area contributed by atoms with Gasteiger partial charge >= 0.3 is 0 Å². The molecule has 2 amide bonds. The molecule has 0 radical (unpaired) electrons. The van der Waals surface area contributed by atoms with Crippen molar-refractivity contribution in [3.8, 4) is 0 Å². The predicted octanol–water partition coefficient (Wildman–Crippen LogP) is 3.62. The van der Waals surface area contributed by atoms with Crippen LogP contribution in [0.4, 0.5) is 10.1 Å². The van der Waals surface area contributed by atoms with Gasteiger partial charge in [0.15, 0.2) is 0 Å². The van der Waals surface area contributed by atoms with E-state index in [1.54, 1.807) is 18.2 Å². The Morgan fingerprint density at radius 2 is 1.54 bits per heavy atom. The van der Waals surface area contributed by atoms with Crippen LogP contribution < -0.4 is 10.2 Å². The third-order valence-electron chi connectivity index (χ3n) is 4.35. The van der Waals surface area contributed by atoms with Gasteiger partial charge in [0.1, 0.15) is 12.4 Å². The Morgan fingerprint density at radius 1 is 0.962 bits per heavy atom. The van der Waals surface area contributed by atoms with E-state index in [-0.39, 0.29) is 30.7 Å². The molecule has 0 aliphatic carbocycles. The summed E-state index contributed by atoms with van der Waals surface area (Å²) in [7, 11) is 0. The number of nitrogens with zero attached hydrogens (tertiary/aromatic N) is 1. The Bertz CT molecular complexity index is 767. The van der Waals surface area contributed by atoms with Crippen molar-refractivity contribution in [2.45, 2.75) is 40.2 Å². The highest BCUT2D eigenvalue weighted by atomic mass is 19.1. The lowest BCUT2D eigenvalue weighted by Crippen LogP contribution is -2.40. The lowest BCUT2D eigenvalue weighted by Gasteiger charge is -2.26. The minimum absolute atomic E-state index is 0.0895. The molecule has 5 heteroatoms. The Morgan fingerprint density at radius 3 is 2.08 bits per heavy atom. The molecular weight excluding hydrogens is 331 g/mol. The predicted molar refractivity (Wildman–Crippen MR) is 101 cm³/mol. The van der Waals surface area contributed by atoms with Crippen molar-refractivity contribution in [1.29, 1.82) is 0 Å². The molecule has 26 heavy (non-hydrogen) atoms. The fraction of sp³-hybridized carbons (Fsp3) is 0.333. The first kappa shape index (κ1) is 19.6. The first-order valence-corrected chi connectivity index (χ1v) is 8.86. The van der Waals surface area contributed by atoms with Crippen LogP contribution >= 0.6 is 0 Å². The van der Waals surface area contributed by atoms with Crippen LogP contribution in [-0.2, 0) is 29.0 Å². The number of aryl methyl sites for hydroxylation is 2. The van der Waals surface area contributed by atoms with Gasteiger partial charge in [-0.25, -0.2) is 4.39 Å². The third-order valence-corrected chi connectivity index (χ3v) is 4.35. The number of carbonyl (C=O) groups is 2. The fourth-order valence-electron chi connectivity index (χ4n) is 2.94. The standard InChI is InChI=1S/C21H25FN2O2/c1-4-16-10-8-11-17(5-2)21(16)24(15(3)25)14-20(26)23-13-18-9-6-7-12-19(18)22/h6-12H,4-5,13-14H2,1-3H3,(H,23,26). The van der Waals surface area contributed by atoms with Gasteiger partial charge in [0.05, 0.1) is 5.69 Å². The van der Waals surface area contributed by atoms with Gasteiger partial charge in [-0.3, -0.25) is 9.59 Å². The van der Waals surface area contributed by atoms with E-state index in [0.717, 1.165) is 29.7 Å². The van der Waals surface area contributed by atoms with Crippen LogP contribution in [0.5, 0.6) is 0 Å². The summed E-state index contributed by atoms with van der Waals surface area (Å²) in [6.45, 7) is 5.50. The number of rotatable bonds is 7. The summed E-state index contributed by atoms with van der Waals surface area (Å²) >= 11 is 0. The second-order valence-electron chi connectivity index (χ2n) is 6.11. The topological polar surface area (TPSA) is 49.4 Å². The summed E-state index contributed by atoms with van der Waals surface area (Å²) in [6.07, 6.45) is 1.54. The van der Waals surface area contributed by atoms with Gasteiger partial charge in [-0.05, 0) is 30.0 Å².